The van der Waals surface area contributed by atoms with Crippen molar-refractivity contribution >= 4 is 16.5 Å². The van der Waals surface area contributed by atoms with Crippen LogP contribution in [0.25, 0.3) is 0 Å². The Bertz CT molecular complexity index is 316. The highest BCUT2D eigenvalue weighted by molar-refractivity contribution is 7.16. The number of thiazole rings is 1. The number of hydrogen-bond donors (Lipinski definition) is 1. The van der Waals surface area contributed by atoms with E-state index >= 15 is 0 Å². The summed E-state index contributed by atoms with van der Waals surface area (Å²) in [5.74, 6) is 0.365. The Morgan fingerprint density at radius 2 is 2.27 bits per heavy atom. The smallest absolute Gasteiger partial charge is 0.232 e. The van der Waals surface area contributed by atoms with Gasteiger partial charge in [-0.05, 0) is 13.0 Å². The minimum absolute atomic E-state index is 0.297. The lowest BCUT2D eigenvalue weighted by Crippen LogP contribution is -2.07. The van der Waals surface area contributed by atoms with Crippen molar-refractivity contribution in [1.29, 1.82) is 0 Å². The molecule has 0 saturated heterocycles. The molecule has 1 aromatic rings. The number of nitrogens with zero attached hydrogens (tertiary/aromatic N) is 2. The highest BCUT2D eigenvalue weighted by Crippen LogP contribution is 2.38. The van der Waals surface area contributed by atoms with E-state index in [1.54, 1.807) is 0 Å². The van der Waals surface area contributed by atoms with Crippen molar-refractivity contribution in [1.82, 2.24) is 4.98 Å². The van der Waals surface area contributed by atoms with Crippen LogP contribution in [-0.4, -0.2) is 32.7 Å². The molecular formula is C9H16FN3OS. The Morgan fingerprint density at radius 3 is 2.73 bits per heavy atom. The van der Waals surface area contributed by atoms with E-state index in [0.717, 1.165) is 5.13 Å². The summed E-state index contributed by atoms with van der Waals surface area (Å²) in [6.45, 7) is 0.319. The fraction of sp³-hybridized carbons (Fsp3) is 0.667. The van der Waals surface area contributed by atoms with Gasteiger partial charge >= 0.3 is 0 Å². The minimum Gasteiger partial charge on any atom is -0.480 e. The van der Waals surface area contributed by atoms with Crippen molar-refractivity contribution in [3.05, 3.63) is 4.88 Å². The summed E-state index contributed by atoms with van der Waals surface area (Å²) in [6.07, 6.45) is -0.790. The van der Waals surface area contributed by atoms with E-state index < -0.39 is 6.17 Å². The highest BCUT2D eigenvalue weighted by atomic mass is 32.1. The van der Waals surface area contributed by atoms with E-state index in [-0.39, 0.29) is 0 Å². The molecule has 15 heavy (non-hydrogen) atoms. The molecule has 0 saturated carbocycles. The van der Waals surface area contributed by atoms with E-state index in [9.17, 15) is 4.39 Å². The average Bonchev–Trinajstić information content (AvgIpc) is 2.61. The molecular weight excluding hydrogens is 217 g/mol. The van der Waals surface area contributed by atoms with Crippen LogP contribution in [0.4, 0.5) is 9.52 Å². The maximum Gasteiger partial charge on any atom is 0.232 e. The second kappa shape index (κ2) is 5.27. The minimum atomic E-state index is -1.09. The van der Waals surface area contributed by atoms with Crippen LogP contribution in [0.5, 0.6) is 5.88 Å². The van der Waals surface area contributed by atoms with Crippen molar-refractivity contribution in [2.75, 3.05) is 32.6 Å². The number of hydrogen-bond acceptors (Lipinski definition) is 5. The molecule has 1 rings (SSSR count). The Hall–Kier alpha value is -0.880. The lowest BCUT2D eigenvalue weighted by Gasteiger charge is -2.05. The first-order chi connectivity index (χ1) is 7.10. The largest absolute Gasteiger partial charge is 0.480 e. The second-order valence-electron chi connectivity index (χ2n) is 3.31. The fourth-order valence-electron chi connectivity index (χ4n) is 1.12. The van der Waals surface area contributed by atoms with E-state index in [2.05, 4.69) is 4.98 Å². The molecule has 1 unspecified atom stereocenters. The van der Waals surface area contributed by atoms with E-state index in [0.29, 0.717) is 23.7 Å². The van der Waals surface area contributed by atoms with Crippen molar-refractivity contribution in [2.24, 2.45) is 5.73 Å². The van der Waals surface area contributed by atoms with Gasteiger partial charge in [0.05, 0.1) is 7.11 Å². The molecule has 0 aliphatic carbocycles. The third-order valence-corrected chi connectivity index (χ3v) is 3.18. The van der Waals surface area contributed by atoms with Crippen LogP contribution in [0, 0.1) is 0 Å². The molecule has 0 spiro atoms. The van der Waals surface area contributed by atoms with Crippen molar-refractivity contribution < 1.29 is 9.13 Å². The summed E-state index contributed by atoms with van der Waals surface area (Å²) in [7, 11) is 5.21. The molecule has 86 valence electrons. The van der Waals surface area contributed by atoms with Crippen LogP contribution in [0.15, 0.2) is 0 Å². The quantitative estimate of drug-likeness (QED) is 0.839. The van der Waals surface area contributed by atoms with Gasteiger partial charge < -0.3 is 15.4 Å². The SMILES string of the molecule is COc1nc(N(C)C)sc1C(F)CCN. The van der Waals surface area contributed by atoms with Gasteiger partial charge in [-0.3, -0.25) is 0 Å². The molecule has 1 heterocycles. The molecule has 2 N–H and O–H groups in total. The monoisotopic (exact) mass is 233 g/mol. The van der Waals surface area contributed by atoms with Gasteiger partial charge in [0.2, 0.25) is 5.88 Å². The number of nitrogens with two attached hydrogens (primary N) is 1. The van der Waals surface area contributed by atoms with Gasteiger partial charge in [-0.2, -0.15) is 4.98 Å². The van der Waals surface area contributed by atoms with E-state index in [1.165, 1.54) is 18.4 Å². The summed E-state index contributed by atoms with van der Waals surface area (Å²) in [5.41, 5.74) is 5.32. The Morgan fingerprint density at radius 1 is 1.60 bits per heavy atom. The van der Waals surface area contributed by atoms with Crippen LogP contribution >= 0.6 is 11.3 Å². The summed E-state index contributed by atoms with van der Waals surface area (Å²) in [5, 5.41) is 0.738. The molecule has 0 aromatic carbocycles. The highest BCUT2D eigenvalue weighted by Gasteiger charge is 2.20. The van der Waals surface area contributed by atoms with Gasteiger partial charge in [0.15, 0.2) is 5.13 Å². The van der Waals surface area contributed by atoms with Crippen LogP contribution in [0.1, 0.15) is 17.5 Å². The van der Waals surface area contributed by atoms with Gasteiger partial charge in [0.1, 0.15) is 11.0 Å². The third-order valence-electron chi connectivity index (χ3n) is 1.89. The molecule has 0 fully saturated rings. The Labute approximate surface area is 92.9 Å². The fourth-order valence-corrected chi connectivity index (χ4v) is 2.09. The zero-order valence-corrected chi connectivity index (χ0v) is 9.97. The Balaban J connectivity index is 2.94. The first-order valence-electron chi connectivity index (χ1n) is 4.66. The molecule has 1 aromatic heterocycles. The van der Waals surface area contributed by atoms with E-state index in [1.807, 2.05) is 19.0 Å². The van der Waals surface area contributed by atoms with Crippen molar-refractivity contribution in [3.8, 4) is 5.88 Å². The number of methoxy groups -OCH3 is 1. The molecule has 0 bridgehead atoms. The van der Waals surface area contributed by atoms with Crippen molar-refractivity contribution in [3.63, 3.8) is 0 Å². The van der Waals surface area contributed by atoms with Gasteiger partial charge in [-0.25, -0.2) is 4.39 Å². The number of anilines is 1. The van der Waals surface area contributed by atoms with Crippen LogP contribution < -0.4 is 15.4 Å². The van der Waals surface area contributed by atoms with E-state index in [4.69, 9.17) is 10.5 Å². The first-order valence-corrected chi connectivity index (χ1v) is 5.48. The molecule has 6 heteroatoms. The zero-order chi connectivity index (χ0) is 11.4. The lowest BCUT2D eigenvalue weighted by atomic mass is 10.2. The lowest BCUT2D eigenvalue weighted by molar-refractivity contribution is 0.314. The molecule has 0 aliphatic heterocycles. The average molecular weight is 233 g/mol. The number of alkyl halides is 1. The van der Waals surface area contributed by atoms with Crippen LogP contribution in [0.2, 0.25) is 0 Å². The number of rotatable bonds is 5. The second-order valence-corrected chi connectivity index (χ2v) is 4.32. The molecule has 0 radical (unpaired) electrons. The third kappa shape index (κ3) is 2.79. The maximum atomic E-state index is 13.7. The van der Waals surface area contributed by atoms with Gasteiger partial charge in [-0.1, -0.05) is 11.3 Å². The van der Waals surface area contributed by atoms with Crippen molar-refractivity contribution in [2.45, 2.75) is 12.6 Å². The van der Waals surface area contributed by atoms with Gasteiger partial charge in [-0.15, -0.1) is 0 Å². The molecule has 4 nitrogen and oxygen atoms in total. The normalized spacial score (nSPS) is 12.6. The number of halogens is 1. The Kier molecular flexibility index (Phi) is 4.28. The standard InChI is InChI=1S/C9H16FN3OS/c1-13(2)9-12-8(14-3)7(15-9)6(10)4-5-11/h6H,4-5,11H2,1-3H3. The summed E-state index contributed by atoms with van der Waals surface area (Å²) >= 11 is 1.30. The molecule has 1 atom stereocenters. The molecule has 0 aliphatic rings. The zero-order valence-electron chi connectivity index (χ0n) is 9.16. The predicted molar refractivity (Wildman–Crippen MR) is 60.5 cm³/mol. The summed E-state index contributed by atoms with van der Waals surface area (Å²) < 4.78 is 18.7. The number of ether oxygens (including phenoxy) is 1. The van der Waals surface area contributed by atoms with Crippen LogP contribution in [-0.2, 0) is 0 Å². The van der Waals surface area contributed by atoms with Gasteiger partial charge in [0, 0.05) is 14.1 Å². The first kappa shape index (κ1) is 12.2. The summed E-state index contributed by atoms with van der Waals surface area (Å²) in [4.78, 5) is 6.52. The summed E-state index contributed by atoms with van der Waals surface area (Å²) in [6, 6.07) is 0. The van der Waals surface area contributed by atoms with Crippen LogP contribution in [0.3, 0.4) is 0 Å². The van der Waals surface area contributed by atoms with Gasteiger partial charge in [0.25, 0.3) is 0 Å². The maximum absolute atomic E-state index is 13.7. The molecule has 0 amide bonds. The number of aromatic nitrogens is 1. The predicted octanol–water partition coefficient (Wildman–Crippen LogP) is 1.58. The topological polar surface area (TPSA) is 51.4 Å².